The van der Waals surface area contributed by atoms with Gasteiger partial charge in [-0.25, -0.2) is 0 Å². The van der Waals surface area contributed by atoms with Crippen LogP contribution in [0.2, 0.25) is 0 Å². The molecular weight excluding hydrogens is 300 g/mol. The fourth-order valence-electron chi connectivity index (χ4n) is 1.60. The maximum absolute atomic E-state index is 11.3. The number of aryl methyl sites for hydroxylation is 1. The first-order valence-electron chi connectivity index (χ1n) is 5.68. The first kappa shape index (κ1) is 14.7. The van der Waals surface area contributed by atoms with Crippen molar-refractivity contribution in [3.05, 3.63) is 33.8 Å². The molecule has 1 aromatic rings. The lowest BCUT2D eigenvalue weighted by Crippen LogP contribution is -2.06. The van der Waals surface area contributed by atoms with E-state index in [0.717, 1.165) is 10.0 Å². The Morgan fingerprint density at radius 2 is 2.00 bits per heavy atom. The minimum absolute atomic E-state index is 0.0339. The molecule has 0 aromatic heterocycles. The fraction of sp³-hybridized carbons (Fsp3) is 0.385. The molecule has 0 aliphatic heterocycles. The van der Waals surface area contributed by atoms with E-state index >= 15 is 0 Å². The van der Waals surface area contributed by atoms with Crippen molar-refractivity contribution >= 4 is 27.9 Å². The van der Waals surface area contributed by atoms with E-state index in [1.165, 1.54) is 0 Å². The van der Waals surface area contributed by atoms with Gasteiger partial charge in [0.15, 0.2) is 0 Å². The molecule has 1 N–H and O–H groups in total. The average molecular weight is 315 g/mol. The summed E-state index contributed by atoms with van der Waals surface area (Å²) >= 11 is 3.38. The van der Waals surface area contributed by atoms with E-state index in [9.17, 15) is 9.59 Å². The quantitative estimate of drug-likeness (QED) is 0.820. The van der Waals surface area contributed by atoms with Crippen molar-refractivity contribution in [1.82, 2.24) is 0 Å². The van der Waals surface area contributed by atoms with Crippen molar-refractivity contribution in [2.24, 2.45) is 0 Å². The van der Waals surface area contributed by atoms with Gasteiger partial charge in [0.1, 0.15) is 0 Å². The second-order valence-corrected chi connectivity index (χ2v) is 4.56. The minimum atomic E-state index is -0.877. The van der Waals surface area contributed by atoms with Gasteiger partial charge in [-0.2, -0.15) is 0 Å². The molecule has 4 nitrogen and oxygen atoms in total. The van der Waals surface area contributed by atoms with Gasteiger partial charge >= 0.3 is 11.9 Å². The van der Waals surface area contributed by atoms with E-state index in [1.807, 2.05) is 6.07 Å². The molecule has 0 aliphatic carbocycles. The highest BCUT2D eigenvalue weighted by atomic mass is 79.9. The molecule has 18 heavy (non-hydrogen) atoms. The van der Waals surface area contributed by atoms with Gasteiger partial charge in [-0.05, 0) is 24.5 Å². The van der Waals surface area contributed by atoms with E-state index in [1.54, 1.807) is 19.1 Å². The molecule has 1 rings (SSSR count). The third kappa shape index (κ3) is 4.49. The van der Waals surface area contributed by atoms with Crippen LogP contribution in [0.15, 0.2) is 22.7 Å². The minimum Gasteiger partial charge on any atom is -0.481 e. The van der Waals surface area contributed by atoms with Crippen LogP contribution in [0.5, 0.6) is 0 Å². The van der Waals surface area contributed by atoms with Crippen molar-refractivity contribution < 1.29 is 19.4 Å². The molecule has 5 heteroatoms. The highest BCUT2D eigenvalue weighted by Gasteiger charge is 2.10. The van der Waals surface area contributed by atoms with Crippen LogP contribution >= 0.6 is 15.9 Å². The van der Waals surface area contributed by atoms with Crippen LogP contribution in [0.25, 0.3) is 0 Å². The lowest BCUT2D eigenvalue weighted by Gasteiger charge is -2.08. The SMILES string of the molecule is CCOC(=O)CCc1cccc(CC(=O)O)c1Br. The largest absolute Gasteiger partial charge is 0.481 e. The van der Waals surface area contributed by atoms with E-state index < -0.39 is 5.97 Å². The molecule has 0 heterocycles. The number of carboxylic acid groups (broad SMARTS) is 1. The zero-order chi connectivity index (χ0) is 13.5. The highest BCUT2D eigenvalue weighted by Crippen LogP contribution is 2.23. The van der Waals surface area contributed by atoms with E-state index in [-0.39, 0.29) is 12.4 Å². The molecule has 98 valence electrons. The average Bonchev–Trinajstić information content (AvgIpc) is 2.30. The number of benzene rings is 1. The van der Waals surface area contributed by atoms with Crippen molar-refractivity contribution in [1.29, 1.82) is 0 Å². The Bertz CT molecular complexity index is 443. The summed E-state index contributed by atoms with van der Waals surface area (Å²) < 4.78 is 5.61. The third-order valence-electron chi connectivity index (χ3n) is 2.40. The van der Waals surface area contributed by atoms with E-state index in [4.69, 9.17) is 9.84 Å². The summed E-state index contributed by atoms with van der Waals surface area (Å²) in [5.74, 6) is -1.12. The van der Waals surface area contributed by atoms with E-state index in [2.05, 4.69) is 15.9 Å². The van der Waals surface area contributed by atoms with Crippen LogP contribution in [-0.2, 0) is 27.2 Å². The van der Waals surface area contributed by atoms with Crippen molar-refractivity contribution in [2.75, 3.05) is 6.61 Å². The Balaban J connectivity index is 2.71. The number of aliphatic carboxylic acids is 1. The number of esters is 1. The summed E-state index contributed by atoms with van der Waals surface area (Å²) in [6.45, 7) is 2.14. The lowest BCUT2D eigenvalue weighted by atomic mass is 10.0. The van der Waals surface area contributed by atoms with Gasteiger partial charge in [0.2, 0.25) is 0 Å². The molecule has 0 amide bonds. The van der Waals surface area contributed by atoms with Crippen LogP contribution in [-0.4, -0.2) is 23.7 Å². The standard InChI is InChI=1S/C13H15BrO4/c1-2-18-12(17)7-6-9-4-3-5-10(13(9)14)8-11(15)16/h3-5H,2,6-8H2,1H3,(H,15,16). The van der Waals surface area contributed by atoms with Crippen molar-refractivity contribution in [3.8, 4) is 0 Å². The Morgan fingerprint density at radius 1 is 1.33 bits per heavy atom. The number of carbonyl (C=O) groups is 2. The van der Waals surface area contributed by atoms with Gasteiger partial charge < -0.3 is 9.84 Å². The molecule has 0 saturated heterocycles. The topological polar surface area (TPSA) is 63.6 Å². The molecule has 0 unspecified atom stereocenters. The molecular formula is C13H15BrO4. The summed E-state index contributed by atoms with van der Waals surface area (Å²) in [6, 6.07) is 5.42. The predicted molar refractivity (Wildman–Crippen MR) is 70.4 cm³/mol. The fourth-order valence-corrected chi connectivity index (χ4v) is 2.20. The highest BCUT2D eigenvalue weighted by molar-refractivity contribution is 9.10. The normalized spacial score (nSPS) is 10.1. The summed E-state index contributed by atoms with van der Waals surface area (Å²) in [5.41, 5.74) is 1.63. The number of carboxylic acids is 1. The first-order valence-corrected chi connectivity index (χ1v) is 6.47. The van der Waals surface area contributed by atoms with Crippen molar-refractivity contribution in [3.63, 3.8) is 0 Å². The number of ether oxygens (including phenoxy) is 1. The Kier molecular flexibility index (Phi) is 5.85. The molecule has 0 saturated carbocycles. The van der Waals surface area contributed by atoms with Gasteiger partial charge in [-0.15, -0.1) is 0 Å². The molecule has 0 bridgehead atoms. The van der Waals surface area contributed by atoms with Gasteiger partial charge in [-0.3, -0.25) is 9.59 Å². The van der Waals surface area contributed by atoms with Crippen LogP contribution in [0, 0.1) is 0 Å². The number of carbonyl (C=O) groups excluding carboxylic acids is 1. The van der Waals surface area contributed by atoms with Crippen LogP contribution in [0.3, 0.4) is 0 Å². The maximum atomic E-state index is 11.3. The lowest BCUT2D eigenvalue weighted by molar-refractivity contribution is -0.143. The zero-order valence-electron chi connectivity index (χ0n) is 10.1. The molecule has 0 fully saturated rings. The Hall–Kier alpha value is -1.36. The Morgan fingerprint density at radius 3 is 2.61 bits per heavy atom. The van der Waals surface area contributed by atoms with E-state index in [0.29, 0.717) is 25.0 Å². The van der Waals surface area contributed by atoms with Crippen LogP contribution < -0.4 is 0 Å². The smallest absolute Gasteiger partial charge is 0.307 e. The predicted octanol–water partition coefficient (Wildman–Crippen LogP) is 2.57. The van der Waals surface area contributed by atoms with Gasteiger partial charge in [0.05, 0.1) is 13.0 Å². The maximum Gasteiger partial charge on any atom is 0.307 e. The second-order valence-electron chi connectivity index (χ2n) is 3.77. The summed E-state index contributed by atoms with van der Waals surface area (Å²) in [4.78, 5) is 21.9. The van der Waals surface area contributed by atoms with Gasteiger partial charge in [-0.1, -0.05) is 34.1 Å². The van der Waals surface area contributed by atoms with Crippen LogP contribution in [0.1, 0.15) is 24.5 Å². The Labute approximate surface area is 114 Å². The summed E-state index contributed by atoms with van der Waals surface area (Å²) in [6.07, 6.45) is 0.795. The first-order chi connectivity index (χ1) is 8.54. The summed E-state index contributed by atoms with van der Waals surface area (Å²) in [7, 11) is 0. The number of rotatable bonds is 6. The van der Waals surface area contributed by atoms with Gasteiger partial charge in [0.25, 0.3) is 0 Å². The summed E-state index contributed by atoms with van der Waals surface area (Å²) in [5, 5.41) is 8.78. The second kappa shape index (κ2) is 7.16. The van der Waals surface area contributed by atoms with Gasteiger partial charge in [0, 0.05) is 10.9 Å². The number of halogens is 1. The molecule has 0 aliphatic rings. The molecule has 0 spiro atoms. The molecule has 0 atom stereocenters. The van der Waals surface area contributed by atoms with Crippen molar-refractivity contribution in [2.45, 2.75) is 26.2 Å². The van der Waals surface area contributed by atoms with Crippen LogP contribution in [0.4, 0.5) is 0 Å². The number of hydrogen-bond acceptors (Lipinski definition) is 3. The molecule has 0 radical (unpaired) electrons. The molecule has 1 aromatic carbocycles. The zero-order valence-corrected chi connectivity index (χ0v) is 11.7. The number of hydrogen-bond donors (Lipinski definition) is 1. The third-order valence-corrected chi connectivity index (χ3v) is 3.42. The monoisotopic (exact) mass is 314 g/mol.